The molecule has 0 aromatic carbocycles. The number of carbonyl (C=O) groups excluding carboxylic acids is 1. The van der Waals surface area contributed by atoms with E-state index in [1.54, 1.807) is 6.26 Å². The molecule has 0 bridgehead atoms. The average Bonchev–Trinajstić information content (AvgIpc) is 3.08. The highest BCUT2D eigenvalue weighted by Crippen LogP contribution is 2.25. The van der Waals surface area contributed by atoms with Crippen LogP contribution in [0.25, 0.3) is 0 Å². The highest BCUT2D eigenvalue weighted by molar-refractivity contribution is 5.93. The predicted octanol–water partition coefficient (Wildman–Crippen LogP) is 0.470. The molecule has 0 spiro atoms. The van der Waals surface area contributed by atoms with E-state index in [1.165, 1.54) is 0 Å². The third kappa shape index (κ3) is 2.62. The number of amides is 1. The van der Waals surface area contributed by atoms with E-state index in [4.69, 9.17) is 9.47 Å². The van der Waals surface area contributed by atoms with Gasteiger partial charge in [0.05, 0.1) is 31.7 Å². The van der Waals surface area contributed by atoms with E-state index in [-0.39, 0.29) is 5.91 Å². The van der Waals surface area contributed by atoms with Gasteiger partial charge in [0, 0.05) is 38.6 Å². The van der Waals surface area contributed by atoms with Gasteiger partial charge in [0.1, 0.15) is 0 Å². The zero-order valence-corrected chi connectivity index (χ0v) is 11.5. The van der Waals surface area contributed by atoms with Gasteiger partial charge in [-0.3, -0.25) is 9.69 Å². The van der Waals surface area contributed by atoms with Crippen LogP contribution in [0.2, 0.25) is 0 Å². The summed E-state index contributed by atoms with van der Waals surface area (Å²) in [6, 6.07) is 0.482. The fourth-order valence-electron chi connectivity index (χ4n) is 3.25. The fourth-order valence-corrected chi connectivity index (χ4v) is 3.25. The monoisotopic (exact) mass is 266 g/mol. The molecular formula is C14H22N2O3. The maximum Gasteiger partial charge on any atom is 0.253 e. The zero-order chi connectivity index (χ0) is 13.2. The SMILES string of the molecule is C[C@H]1CN(C(=O)C2=COCC2)C[C@H]1N1CCOCC1. The van der Waals surface area contributed by atoms with Crippen LogP contribution in [-0.2, 0) is 14.3 Å². The number of hydrogen-bond donors (Lipinski definition) is 0. The first-order valence-corrected chi connectivity index (χ1v) is 7.17. The average molecular weight is 266 g/mol. The van der Waals surface area contributed by atoms with Crippen molar-refractivity contribution in [3.8, 4) is 0 Å². The number of ether oxygens (including phenoxy) is 2. The molecule has 3 aliphatic heterocycles. The van der Waals surface area contributed by atoms with Crippen molar-refractivity contribution < 1.29 is 14.3 Å². The van der Waals surface area contributed by atoms with Gasteiger partial charge < -0.3 is 14.4 Å². The molecule has 3 aliphatic rings. The molecule has 19 heavy (non-hydrogen) atoms. The maximum absolute atomic E-state index is 12.4. The van der Waals surface area contributed by atoms with Gasteiger partial charge in [-0.1, -0.05) is 6.92 Å². The van der Waals surface area contributed by atoms with Gasteiger partial charge in [-0.25, -0.2) is 0 Å². The molecule has 3 heterocycles. The van der Waals surface area contributed by atoms with E-state index < -0.39 is 0 Å². The van der Waals surface area contributed by atoms with Crippen molar-refractivity contribution in [1.29, 1.82) is 0 Å². The number of hydrogen-bond acceptors (Lipinski definition) is 4. The summed E-state index contributed by atoms with van der Waals surface area (Å²) in [5, 5.41) is 0. The molecule has 0 aromatic rings. The minimum Gasteiger partial charge on any atom is -0.500 e. The quantitative estimate of drug-likeness (QED) is 0.728. The Kier molecular flexibility index (Phi) is 3.75. The van der Waals surface area contributed by atoms with Gasteiger partial charge in [0.2, 0.25) is 0 Å². The molecule has 0 saturated carbocycles. The standard InChI is InChI=1S/C14H22N2O3/c1-11-8-16(14(17)12-2-5-19-10-12)9-13(11)15-3-6-18-7-4-15/h10-11,13H,2-9H2,1H3/t11-,13+/m0/s1. The molecule has 0 aliphatic carbocycles. The molecule has 3 rings (SSSR count). The molecule has 2 saturated heterocycles. The summed E-state index contributed by atoms with van der Waals surface area (Å²) < 4.78 is 10.6. The maximum atomic E-state index is 12.4. The molecule has 1 amide bonds. The van der Waals surface area contributed by atoms with Crippen LogP contribution in [0.5, 0.6) is 0 Å². The second kappa shape index (κ2) is 5.51. The van der Waals surface area contributed by atoms with Crippen molar-refractivity contribution in [2.24, 2.45) is 5.92 Å². The number of morpholine rings is 1. The third-order valence-electron chi connectivity index (χ3n) is 4.36. The van der Waals surface area contributed by atoms with Crippen molar-refractivity contribution in [1.82, 2.24) is 9.80 Å². The van der Waals surface area contributed by atoms with Crippen LogP contribution < -0.4 is 0 Å². The largest absolute Gasteiger partial charge is 0.500 e. The van der Waals surface area contributed by atoms with Crippen LogP contribution in [0.3, 0.4) is 0 Å². The summed E-state index contributed by atoms with van der Waals surface area (Å²) >= 11 is 0. The first-order valence-electron chi connectivity index (χ1n) is 7.17. The zero-order valence-electron chi connectivity index (χ0n) is 11.5. The molecular weight excluding hydrogens is 244 g/mol. The summed E-state index contributed by atoms with van der Waals surface area (Å²) in [7, 11) is 0. The summed E-state index contributed by atoms with van der Waals surface area (Å²) in [4.78, 5) is 16.8. The Labute approximate surface area is 114 Å². The molecule has 0 aromatic heterocycles. The topological polar surface area (TPSA) is 42.0 Å². The number of rotatable bonds is 2. The lowest BCUT2D eigenvalue weighted by atomic mass is 10.0. The fraction of sp³-hybridized carbons (Fsp3) is 0.786. The summed E-state index contributed by atoms with van der Waals surface area (Å²) in [6.45, 7) is 8.21. The Morgan fingerprint density at radius 2 is 2.05 bits per heavy atom. The number of likely N-dealkylation sites (tertiary alicyclic amines) is 1. The highest BCUT2D eigenvalue weighted by atomic mass is 16.5. The predicted molar refractivity (Wildman–Crippen MR) is 70.6 cm³/mol. The van der Waals surface area contributed by atoms with Gasteiger partial charge in [-0.2, -0.15) is 0 Å². The minimum atomic E-state index is 0.167. The van der Waals surface area contributed by atoms with Crippen molar-refractivity contribution in [3.05, 3.63) is 11.8 Å². The lowest BCUT2D eigenvalue weighted by Gasteiger charge is -2.33. The Bertz CT molecular complexity index is 377. The smallest absolute Gasteiger partial charge is 0.253 e. The Morgan fingerprint density at radius 3 is 2.74 bits per heavy atom. The van der Waals surface area contributed by atoms with Crippen molar-refractivity contribution in [2.75, 3.05) is 46.0 Å². The number of nitrogens with zero attached hydrogens (tertiary/aromatic N) is 2. The first-order chi connectivity index (χ1) is 9.25. The van der Waals surface area contributed by atoms with E-state index >= 15 is 0 Å². The van der Waals surface area contributed by atoms with Crippen LogP contribution >= 0.6 is 0 Å². The second-order valence-corrected chi connectivity index (χ2v) is 5.67. The van der Waals surface area contributed by atoms with Crippen molar-refractivity contribution in [3.63, 3.8) is 0 Å². The first kappa shape index (κ1) is 12.9. The van der Waals surface area contributed by atoms with E-state index in [2.05, 4.69) is 11.8 Å². The minimum absolute atomic E-state index is 0.167. The second-order valence-electron chi connectivity index (χ2n) is 5.67. The van der Waals surface area contributed by atoms with Gasteiger partial charge in [-0.05, 0) is 5.92 Å². The third-order valence-corrected chi connectivity index (χ3v) is 4.36. The van der Waals surface area contributed by atoms with E-state index in [9.17, 15) is 4.79 Å². The molecule has 0 radical (unpaired) electrons. The summed E-state index contributed by atoms with van der Waals surface area (Å²) in [5.74, 6) is 0.699. The van der Waals surface area contributed by atoms with E-state index in [0.29, 0.717) is 18.6 Å². The van der Waals surface area contributed by atoms with Crippen molar-refractivity contribution in [2.45, 2.75) is 19.4 Å². The van der Waals surface area contributed by atoms with Crippen LogP contribution in [0.1, 0.15) is 13.3 Å². The molecule has 2 fully saturated rings. The van der Waals surface area contributed by atoms with Gasteiger partial charge >= 0.3 is 0 Å². The van der Waals surface area contributed by atoms with Gasteiger partial charge in [-0.15, -0.1) is 0 Å². The molecule has 0 N–H and O–H groups in total. The van der Waals surface area contributed by atoms with Gasteiger partial charge in [0.15, 0.2) is 0 Å². The molecule has 2 atom stereocenters. The Balaban J connectivity index is 1.62. The summed E-state index contributed by atoms with van der Waals surface area (Å²) in [5.41, 5.74) is 0.829. The Morgan fingerprint density at radius 1 is 1.26 bits per heavy atom. The van der Waals surface area contributed by atoms with Gasteiger partial charge in [0.25, 0.3) is 5.91 Å². The van der Waals surface area contributed by atoms with Crippen LogP contribution in [0, 0.1) is 5.92 Å². The Hall–Kier alpha value is -1.07. The van der Waals surface area contributed by atoms with Crippen molar-refractivity contribution >= 4 is 5.91 Å². The van der Waals surface area contributed by atoms with Crippen LogP contribution in [0.15, 0.2) is 11.8 Å². The molecule has 106 valence electrons. The number of carbonyl (C=O) groups is 1. The molecule has 5 nitrogen and oxygen atoms in total. The van der Waals surface area contributed by atoms with E-state index in [0.717, 1.165) is 51.4 Å². The van der Waals surface area contributed by atoms with E-state index in [1.807, 2.05) is 4.90 Å². The lowest BCUT2D eigenvalue weighted by Crippen LogP contribution is -2.47. The summed E-state index contributed by atoms with van der Waals surface area (Å²) in [6.07, 6.45) is 2.39. The highest BCUT2D eigenvalue weighted by Gasteiger charge is 2.37. The molecule has 5 heteroatoms. The molecule has 0 unspecified atom stereocenters. The van der Waals surface area contributed by atoms with Crippen LogP contribution in [0.4, 0.5) is 0 Å². The lowest BCUT2D eigenvalue weighted by molar-refractivity contribution is -0.126. The normalized spacial score (nSPS) is 32.3. The van der Waals surface area contributed by atoms with Crippen LogP contribution in [-0.4, -0.2) is 67.7 Å².